The molecule has 116 valence electrons. The van der Waals surface area contributed by atoms with Gasteiger partial charge in [0.2, 0.25) is 0 Å². The Bertz CT molecular complexity index is 772. The van der Waals surface area contributed by atoms with Gasteiger partial charge in [0.05, 0.1) is 11.6 Å². The molecule has 1 aromatic heterocycles. The minimum absolute atomic E-state index is 0.0494. The molecule has 0 radical (unpaired) electrons. The second kappa shape index (κ2) is 5.32. The lowest BCUT2D eigenvalue weighted by atomic mass is 9.98. The third kappa shape index (κ3) is 2.35. The summed E-state index contributed by atoms with van der Waals surface area (Å²) in [6, 6.07) is 3.50. The first-order chi connectivity index (χ1) is 10.4. The van der Waals surface area contributed by atoms with E-state index in [-0.39, 0.29) is 5.78 Å². The number of aromatic nitrogens is 1. The van der Waals surface area contributed by atoms with Crippen LogP contribution in [0.2, 0.25) is 0 Å². The molecular weight excluding hydrogens is 278 g/mol. The third-order valence-electron chi connectivity index (χ3n) is 4.82. The van der Waals surface area contributed by atoms with E-state index < -0.39 is 6.04 Å². The number of ketones is 1. The van der Waals surface area contributed by atoms with Crippen molar-refractivity contribution in [1.29, 1.82) is 0 Å². The van der Waals surface area contributed by atoms with E-state index in [0.717, 1.165) is 22.2 Å². The van der Waals surface area contributed by atoms with Gasteiger partial charge >= 0.3 is 0 Å². The summed E-state index contributed by atoms with van der Waals surface area (Å²) < 4.78 is 2.07. The third-order valence-corrected chi connectivity index (χ3v) is 4.82. The van der Waals surface area contributed by atoms with Gasteiger partial charge in [-0.1, -0.05) is 0 Å². The van der Waals surface area contributed by atoms with Gasteiger partial charge in [-0.05, 0) is 67.5 Å². The fraction of sp³-hybridized carbons (Fsp3) is 0.471. The molecule has 5 heteroatoms. The average Bonchev–Trinajstić information content (AvgIpc) is 3.31. The number of benzene rings is 1. The number of fused-ring (bicyclic) bond motifs is 1. The van der Waals surface area contributed by atoms with Crippen LogP contribution in [0.4, 0.5) is 5.69 Å². The summed E-state index contributed by atoms with van der Waals surface area (Å²) >= 11 is 0. The number of rotatable bonds is 5. The Balaban J connectivity index is 2.21. The lowest BCUT2D eigenvalue weighted by Gasteiger charge is -2.09. The summed E-state index contributed by atoms with van der Waals surface area (Å²) in [5, 5.41) is 4.09. The topological polar surface area (TPSA) is 77.5 Å². The average molecular weight is 299 g/mol. The molecular formula is C17H21N3O2. The van der Waals surface area contributed by atoms with Crippen LogP contribution in [-0.2, 0) is 18.3 Å². The number of carbonyl (C=O) groups excluding carboxylic acids is 1. The number of carbonyl (C=O) groups is 1. The number of nitrogens with zero attached hydrogens (tertiary/aromatic N) is 2. The molecule has 1 fully saturated rings. The van der Waals surface area contributed by atoms with Gasteiger partial charge in [0, 0.05) is 18.1 Å². The Morgan fingerprint density at radius 1 is 1.45 bits per heavy atom. The number of nitroso groups, excluding NO2 is 1. The lowest BCUT2D eigenvalue weighted by Crippen LogP contribution is -2.30. The van der Waals surface area contributed by atoms with Crippen molar-refractivity contribution in [3.8, 4) is 0 Å². The summed E-state index contributed by atoms with van der Waals surface area (Å²) in [4.78, 5) is 22.8. The normalized spacial score (nSPS) is 16.0. The summed E-state index contributed by atoms with van der Waals surface area (Å²) in [5.74, 6) is 0.509. The smallest absolute Gasteiger partial charge is 0.146 e. The van der Waals surface area contributed by atoms with E-state index in [1.807, 2.05) is 20.0 Å². The highest BCUT2D eigenvalue weighted by molar-refractivity contribution is 5.96. The zero-order valence-electron chi connectivity index (χ0n) is 13.2. The van der Waals surface area contributed by atoms with Crippen LogP contribution >= 0.6 is 0 Å². The van der Waals surface area contributed by atoms with Gasteiger partial charge in [-0.15, -0.1) is 4.91 Å². The quantitative estimate of drug-likeness (QED) is 0.861. The van der Waals surface area contributed by atoms with Crippen LogP contribution in [0.3, 0.4) is 0 Å². The van der Waals surface area contributed by atoms with Gasteiger partial charge in [-0.25, -0.2) is 0 Å². The largest absolute Gasteiger partial charge is 0.348 e. The molecule has 0 aliphatic heterocycles. The second-order valence-corrected chi connectivity index (χ2v) is 6.34. The zero-order chi connectivity index (χ0) is 16.0. The highest BCUT2D eigenvalue weighted by Crippen LogP contribution is 2.44. The van der Waals surface area contributed by atoms with Crippen molar-refractivity contribution in [3.05, 3.63) is 33.9 Å². The van der Waals surface area contributed by atoms with Gasteiger partial charge < -0.3 is 10.3 Å². The highest BCUT2D eigenvalue weighted by atomic mass is 16.3. The van der Waals surface area contributed by atoms with E-state index in [9.17, 15) is 9.70 Å². The molecule has 1 aliphatic carbocycles. The van der Waals surface area contributed by atoms with Gasteiger partial charge in [0.25, 0.3) is 0 Å². The second-order valence-electron chi connectivity index (χ2n) is 6.34. The van der Waals surface area contributed by atoms with E-state index in [1.54, 1.807) is 0 Å². The van der Waals surface area contributed by atoms with Gasteiger partial charge in [-0.3, -0.25) is 4.79 Å². The van der Waals surface area contributed by atoms with Crippen LogP contribution in [0.25, 0.3) is 10.9 Å². The molecule has 1 heterocycles. The molecule has 2 N–H and O–H groups in total. The molecule has 1 saturated carbocycles. The van der Waals surface area contributed by atoms with E-state index in [1.165, 1.54) is 25.3 Å². The van der Waals surface area contributed by atoms with Crippen LogP contribution < -0.4 is 5.73 Å². The van der Waals surface area contributed by atoms with Gasteiger partial charge in [0.15, 0.2) is 0 Å². The molecule has 1 aliphatic rings. The van der Waals surface area contributed by atoms with Gasteiger partial charge in [0.1, 0.15) is 11.5 Å². The first-order valence-electron chi connectivity index (χ1n) is 7.65. The number of aryl methyl sites for hydroxylation is 1. The fourth-order valence-corrected chi connectivity index (χ4v) is 3.11. The minimum atomic E-state index is -0.549. The molecule has 3 rings (SSSR count). The number of hydrogen-bond donors (Lipinski definition) is 1. The first kappa shape index (κ1) is 14.9. The van der Waals surface area contributed by atoms with Crippen LogP contribution in [0, 0.1) is 11.8 Å². The maximum absolute atomic E-state index is 11.5. The molecule has 0 bridgehead atoms. The molecule has 22 heavy (non-hydrogen) atoms. The fourth-order valence-electron chi connectivity index (χ4n) is 3.11. The minimum Gasteiger partial charge on any atom is -0.348 e. The summed E-state index contributed by atoms with van der Waals surface area (Å²) in [6.07, 6.45) is 2.79. The van der Waals surface area contributed by atoms with E-state index in [4.69, 9.17) is 5.73 Å². The van der Waals surface area contributed by atoms with Crippen molar-refractivity contribution in [2.24, 2.45) is 18.0 Å². The molecule has 0 spiro atoms. The Hall–Kier alpha value is -2.01. The molecule has 1 atom stereocenters. The monoisotopic (exact) mass is 299 g/mol. The van der Waals surface area contributed by atoms with Crippen molar-refractivity contribution in [2.75, 3.05) is 0 Å². The maximum atomic E-state index is 11.5. The molecule has 5 nitrogen and oxygen atoms in total. The standard InChI is InChI=1S/C17H21N3O2/c1-9-13(8-14(18)10(2)21)17-15(19-22)6-12(11-4-5-11)7-16(17)20(9)3/h6-7,11,14H,4-5,8,18H2,1-3H3. The summed E-state index contributed by atoms with van der Waals surface area (Å²) in [7, 11) is 1.98. The number of Topliss-reactive ketones (excluding diaryl/α,β-unsaturated/α-hetero) is 1. The first-order valence-corrected chi connectivity index (χ1v) is 7.65. The maximum Gasteiger partial charge on any atom is 0.146 e. The van der Waals surface area contributed by atoms with E-state index in [0.29, 0.717) is 18.0 Å². The molecule has 0 amide bonds. The Labute approximate surface area is 129 Å². The van der Waals surface area contributed by atoms with Crippen LogP contribution in [0.15, 0.2) is 17.3 Å². The Morgan fingerprint density at radius 3 is 2.68 bits per heavy atom. The van der Waals surface area contributed by atoms with Crippen molar-refractivity contribution < 1.29 is 4.79 Å². The van der Waals surface area contributed by atoms with Crippen molar-refractivity contribution in [1.82, 2.24) is 4.57 Å². The number of hydrogen-bond acceptors (Lipinski definition) is 4. The lowest BCUT2D eigenvalue weighted by molar-refractivity contribution is -0.118. The molecule has 1 unspecified atom stereocenters. The SMILES string of the molecule is CC(=O)C(N)Cc1c(C)n(C)c2cc(C3CC3)cc(N=O)c12. The molecule has 1 aromatic carbocycles. The van der Waals surface area contributed by atoms with Gasteiger partial charge in [-0.2, -0.15) is 0 Å². The predicted molar refractivity (Wildman–Crippen MR) is 87.4 cm³/mol. The zero-order valence-corrected chi connectivity index (χ0v) is 13.2. The van der Waals surface area contributed by atoms with Crippen LogP contribution in [0.5, 0.6) is 0 Å². The molecule has 2 aromatic rings. The highest BCUT2D eigenvalue weighted by Gasteiger charge is 2.27. The van der Waals surface area contributed by atoms with Crippen LogP contribution in [0.1, 0.15) is 42.5 Å². The summed E-state index contributed by atoms with van der Waals surface area (Å²) in [5.41, 5.74) is 10.6. The van der Waals surface area contributed by atoms with Crippen LogP contribution in [-0.4, -0.2) is 16.4 Å². The molecule has 0 saturated heterocycles. The van der Waals surface area contributed by atoms with E-state index >= 15 is 0 Å². The summed E-state index contributed by atoms with van der Waals surface area (Å²) in [6.45, 7) is 3.49. The Kier molecular flexibility index (Phi) is 3.60. The number of nitrogens with two attached hydrogens (primary N) is 1. The van der Waals surface area contributed by atoms with Crippen molar-refractivity contribution in [3.63, 3.8) is 0 Å². The van der Waals surface area contributed by atoms with Crippen molar-refractivity contribution in [2.45, 2.75) is 45.1 Å². The van der Waals surface area contributed by atoms with E-state index in [2.05, 4.69) is 15.8 Å². The predicted octanol–water partition coefficient (Wildman–Crippen LogP) is 3.22. The van der Waals surface area contributed by atoms with Crippen molar-refractivity contribution >= 4 is 22.4 Å². The Morgan fingerprint density at radius 2 is 2.14 bits per heavy atom.